The molecule has 0 saturated heterocycles. The highest BCUT2D eigenvalue weighted by molar-refractivity contribution is 4.72. The summed E-state index contributed by atoms with van der Waals surface area (Å²) in [5.41, 5.74) is 5.64. The Morgan fingerprint density at radius 3 is 2.09 bits per heavy atom. The first kappa shape index (κ1) is 10.9. The topological polar surface area (TPSA) is 29.3 Å². The molecule has 68 valence electrons. The molecule has 2 N–H and O–H groups in total. The molecule has 0 aromatic heterocycles. The molecule has 2 nitrogen and oxygen atoms in total. The first-order chi connectivity index (χ1) is 5.17. The highest BCUT2D eigenvalue weighted by Gasteiger charge is 2.14. The molecule has 0 spiro atoms. The van der Waals surface area contributed by atoms with Crippen LogP contribution in [0.15, 0.2) is 0 Å². The second kappa shape index (κ2) is 5.56. The minimum absolute atomic E-state index is 0.560. The summed E-state index contributed by atoms with van der Waals surface area (Å²) in [6.07, 6.45) is 2.35. The fraction of sp³-hybridized carbons (Fsp3) is 1.00. The standard InChI is InChI=1S/C9H22N2/c1-5-8(3)11(4)9(6-2)7-10/h8-9H,5-7,10H2,1-4H3. The van der Waals surface area contributed by atoms with Gasteiger partial charge in [0.2, 0.25) is 0 Å². The van der Waals surface area contributed by atoms with Gasteiger partial charge in [-0.1, -0.05) is 13.8 Å². The van der Waals surface area contributed by atoms with E-state index < -0.39 is 0 Å². The molecule has 2 unspecified atom stereocenters. The summed E-state index contributed by atoms with van der Waals surface area (Å²) in [4.78, 5) is 2.38. The van der Waals surface area contributed by atoms with Crippen LogP contribution in [0.4, 0.5) is 0 Å². The third-order valence-corrected chi connectivity index (χ3v) is 2.61. The van der Waals surface area contributed by atoms with Crippen LogP contribution in [0.5, 0.6) is 0 Å². The molecule has 0 heterocycles. The highest BCUT2D eigenvalue weighted by Crippen LogP contribution is 2.07. The largest absolute Gasteiger partial charge is 0.329 e. The van der Waals surface area contributed by atoms with Crippen LogP contribution in [0.3, 0.4) is 0 Å². The lowest BCUT2D eigenvalue weighted by atomic mass is 10.1. The Bertz CT molecular complexity index is 89.6. The zero-order valence-corrected chi connectivity index (χ0v) is 8.30. The summed E-state index contributed by atoms with van der Waals surface area (Å²) in [7, 11) is 2.16. The molecule has 2 heteroatoms. The molecule has 0 amide bonds. The van der Waals surface area contributed by atoms with Gasteiger partial charge in [0.1, 0.15) is 0 Å². The minimum atomic E-state index is 0.560. The van der Waals surface area contributed by atoms with E-state index in [1.165, 1.54) is 6.42 Å². The third kappa shape index (κ3) is 3.21. The Morgan fingerprint density at radius 2 is 1.82 bits per heavy atom. The third-order valence-electron chi connectivity index (χ3n) is 2.61. The zero-order chi connectivity index (χ0) is 8.85. The average molecular weight is 158 g/mol. The Balaban J connectivity index is 3.86. The van der Waals surface area contributed by atoms with E-state index in [1.807, 2.05) is 0 Å². The van der Waals surface area contributed by atoms with E-state index in [2.05, 4.69) is 32.7 Å². The lowest BCUT2D eigenvalue weighted by Gasteiger charge is -2.31. The van der Waals surface area contributed by atoms with Crippen LogP contribution in [0.25, 0.3) is 0 Å². The van der Waals surface area contributed by atoms with E-state index in [9.17, 15) is 0 Å². The van der Waals surface area contributed by atoms with Crippen LogP contribution in [-0.4, -0.2) is 30.6 Å². The van der Waals surface area contributed by atoms with Gasteiger partial charge in [-0.2, -0.15) is 0 Å². The van der Waals surface area contributed by atoms with Gasteiger partial charge in [0.15, 0.2) is 0 Å². The molecule has 0 aliphatic rings. The van der Waals surface area contributed by atoms with E-state index in [-0.39, 0.29) is 0 Å². The number of hydrogen-bond donors (Lipinski definition) is 1. The van der Waals surface area contributed by atoms with Gasteiger partial charge in [0.05, 0.1) is 0 Å². The Hall–Kier alpha value is -0.0800. The van der Waals surface area contributed by atoms with Crippen molar-refractivity contribution in [2.75, 3.05) is 13.6 Å². The molecule has 0 fully saturated rings. The lowest BCUT2D eigenvalue weighted by molar-refractivity contribution is 0.179. The van der Waals surface area contributed by atoms with E-state index >= 15 is 0 Å². The van der Waals surface area contributed by atoms with E-state index in [0.29, 0.717) is 12.1 Å². The predicted octanol–water partition coefficient (Wildman–Crippen LogP) is 1.45. The summed E-state index contributed by atoms with van der Waals surface area (Å²) in [6, 6.07) is 1.22. The van der Waals surface area contributed by atoms with Gasteiger partial charge in [-0.25, -0.2) is 0 Å². The number of likely N-dealkylation sites (N-methyl/N-ethyl adjacent to an activating group) is 1. The lowest BCUT2D eigenvalue weighted by Crippen LogP contribution is -2.42. The van der Waals surface area contributed by atoms with Crippen LogP contribution >= 0.6 is 0 Å². The molecule has 2 atom stereocenters. The number of rotatable bonds is 5. The Kier molecular flexibility index (Phi) is 5.51. The highest BCUT2D eigenvalue weighted by atomic mass is 15.2. The van der Waals surface area contributed by atoms with Crippen LogP contribution < -0.4 is 5.73 Å². The monoisotopic (exact) mass is 158 g/mol. The van der Waals surface area contributed by atoms with Crippen molar-refractivity contribution in [3.05, 3.63) is 0 Å². The first-order valence-electron chi connectivity index (χ1n) is 4.59. The number of nitrogens with two attached hydrogens (primary N) is 1. The maximum atomic E-state index is 5.64. The van der Waals surface area contributed by atoms with E-state index in [4.69, 9.17) is 5.73 Å². The fourth-order valence-electron chi connectivity index (χ4n) is 1.27. The Morgan fingerprint density at radius 1 is 1.27 bits per heavy atom. The summed E-state index contributed by atoms with van der Waals surface area (Å²) in [5, 5.41) is 0. The zero-order valence-electron chi connectivity index (χ0n) is 8.30. The van der Waals surface area contributed by atoms with Crippen molar-refractivity contribution in [2.45, 2.75) is 45.7 Å². The van der Waals surface area contributed by atoms with Gasteiger partial charge in [0.25, 0.3) is 0 Å². The molecule has 0 aliphatic carbocycles. The van der Waals surface area contributed by atoms with Crippen molar-refractivity contribution in [2.24, 2.45) is 5.73 Å². The van der Waals surface area contributed by atoms with Crippen LogP contribution in [0.1, 0.15) is 33.6 Å². The van der Waals surface area contributed by atoms with Crippen molar-refractivity contribution < 1.29 is 0 Å². The normalized spacial score (nSPS) is 16.9. The molecule has 0 bridgehead atoms. The molecule has 0 aliphatic heterocycles. The molecular weight excluding hydrogens is 136 g/mol. The average Bonchev–Trinajstić information content (AvgIpc) is 2.05. The van der Waals surface area contributed by atoms with Crippen molar-refractivity contribution in [1.82, 2.24) is 4.90 Å². The van der Waals surface area contributed by atoms with Gasteiger partial charge in [0, 0.05) is 18.6 Å². The second-order valence-corrected chi connectivity index (χ2v) is 3.22. The first-order valence-corrected chi connectivity index (χ1v) is 4.59. The maximum absolute atomic E-state index is 5.64. The molecule has 11 heavy (non-hydrogen) atoms. The second-order valence-electron chi connectivity index (χ2n) is 3.22. The van der Waals surface area contributed by atoms with Crippen LogP contribution in [0.2, 0.25) is 0 Å². The summed E-state index contributed by atoms with van der Waals surface area (Å²) < 4.78 is 0. The molecule has 0 rings (SSSR count). The van der Waals surface area contributed by atoms with Crippen molar-refractivity contribution >= 4 is 0 Å². The molecule has 0 saturated carbocycles. The van der Waals surface area contributed by atoms with Gasteiger partial charge < -0.3 is 5.73 Å². The van der Waals surface area contributed by atoms with E-state index in [0.717, 1.165) is 13.0 Å². The minimum Gasteiger partial charge on any atom is -0.329 e. The van der Waals surface area contributed by atoms with Gasteiger partial charge >= 0.3 is 0 Å². The summed E-state index contributed by atoms with van der Waals surface area (Å²) in [6.45, 7) is 7.43. The van der Waals surface area contributed by atoms with Crippen LogP contribution in [0, 0.1) is 0 Å². The summed E-state index contributed by atoms with van der Waals surface area (Å²) in [5.74, 6) is 0. The Labute approximate surface area is 70.8 Å². The number of hydrogen-bond acceptors (Lipinski definition) is 2. The molecule has 0 radical (unpaired) electrons. The fourth-order valence-corrected chi connectivity index (χ4v) is 1.27. The van der Waals surface area contributed by atoms with Crippen molar-refractivity contribution in [1.29, 1.82) is 0 Å². The maximum Gasteiger partial charge on any atom is 0.0215 e. The van der Waals surface area contributed by atoms with Gasteiger partial charge in [-0.15, -0.1) is 0 Å². The SMILES string of the molecule is CCC(C)N(C)C(CC)CN. The number of nitrogens with zero attached hydrogens (tertiary/aromatic N) is 1. The van der Waals surface area contributed by atoms with Crippen LogP contribution in [-0.2, 0) is 0 Å². The smallest absolute Gasteiger partial charge is 0.0215 e. The van der Waals surface area contributed by atoms with Crippen molar-refractivity contribution in [3.63, 3.8) is 0 Å². The molecule has 0 aromatic rings. The molecular formula is C9H22N2. The van der Waals surface area contributed by atoms with Gasteiger partial charge in [-0.05, 0) is 26.8 Å². The quantitative estimate of drug-likeness (QED) is 0.656. The van der Waals surface area contributed by atoms with E-state index in [1.54, 1.807) is 0 Å². The van der Waals surface area contributed by atoms with Crippen molar-refractivity contribution in [3.8, 4) is 0 Å². The van der Waals surface area contributed by atoms with Gasteiger partial charge in [-0.3, -0.25) is 4.90 Å². The summed E-state index contributed by atoms with van der Waals surface area (Å²) >= 11 is 0. The molecule has 0 aromatic carbocycles. The predicted molar refractivity (Wildman–Crippen MR) is 50.6 cm³/mol.